The highest BCUT2D eigenvalue weighted by atomic mass is 16.4. The van der Waals surface area contributed by atoms with E-state index in [0.29, 0.717) is 24.6 Å². The number of carboxylic acids is 1. The fourth-order valence-corrected chi connectivity index (χ4v) is 2.57. The van der Waals surface area contributed by atoms with Gasteiger partial charge < -0.3 is 10.4 Å². The Morgan fingerprint density at radius 1 is 1.19 bits per heavy atom. The number of nitrogens with one attached hydrogen (secondary N) is 1. The normalized spacial score (nSPS) is 13.8. The maximum Gasteiger partial charge on any atom is 0.339 e. The lowest BCUT2D eigenvalue weighted by Crippen LogP contribution is -2.23. The van der Waals surface area contributed by atoms with Gasteiger partial charge in [-0.15, -0.1) is 5.10 Å². The Morgan fingerprint density at radius 3 is 2.33 bits per heavy atom. The first-order chi connectivity index (χ1) is 9.94. The number of rotatable bonds is 8. The van der Waals surface area contributed by atoms with Crippen LogP contribution < -0.4 is 5.32 Å². The molecular formula is C16H27N3O2. The molecule has 1 aromatic rings. The van der Waals surface area contributed by atoms with Crippen molar-refractivity contribution in [2.75, 3.05) is 5.32 Å². The summed E-state index contributed by atoms with van der Waals surface area (Å²) in [6.07, 6.45) is 3.43. The third-order valence-corrected chi connectivity index (χ3v) is 3.90. The van der Waals surface area contributed by atoms with Crippen molar-refractivity contribution in [2.24, 2.45) is 5.92 Å². The quantitative estimate of drug-likeness (QED) is 0.767. The molecule has 118 valence electrons. The molecule has 1 heterocycles. The summed E-state index contributed by atoms with van der Waals surface area (Å²) in [6.45, 7) is 10.3. The Kier molecular flexibility index (Phi) is 6.59. The highest BCUT2D eigenvalue weighted by molar-refractivity contribution is 5.95. The van der Waals surface area contributed by atoms with Gasteiger partial charge in [-0.2, -0.15) is 5.10 Å². The topological polar surface area (TPSA) is 75.1 Å². The zero-order valence-electron chi connectivity index (χ0n) is 13.7. The van der Waals surface area contributed by atoms with Gasteiger partial charge in [0.05, 0.1) is 5.69 Å². The monoisotopic (exact) mass is 293 g/mol. The number of hydrogen-bond donors (Lipinski definition) is 2. The number of aromatic nitrogens is 2. The molecule has 21 heavy (non-hydrogen) atoms. The van der Waals surface area contributed by atoms with Crippen LogP contribution in [0.25, 0.3) is 0 Å². The second-order valence-corrected chi connectivity index (χ2v) is 5.66. The van der Waals surface area contributed by atoms with E-state index in [4.69, 9.17) is 0 Å². The maximum absolute atomic E-state index is 11.6. The van der Waals surface area contributed by atoms with Crippen molar-refractivity contribution >= 4 is 11.8 Å². The van der Waals surface area contributed by atoms with Crippen LogP contribution in [0.1, 0.15) is 69.1 Å². The van der Waals surface area contributed by atoms with Crippen LogP contribution in [-0.4, -0.2) is 27.3 Å². The minimum Gasteiger partial charge on any atom is -0.478 e. The van der Waals surface area contributed by atoms with E-state index in [1.54, 1.807) is 0 Å². The highest BCUT2D eigenvalue weighted by Gasteiger charge is 2.21. The molecule has 2 unspecified atom stereocenters. The van der Waals surface area contributed by atoms with E-state index in [2.05, 4.69) is 36.3 Å². The van der Waals surface area contributed by atoms with Crippen LogP contribution in [0.15, 0.2) is 0 Å². The Balaban J connectivity index is 3.09. The van der Waals surface area contributed by atoms with Crippen molar-refractivity contribution in [2.45, 2.75) is 66.3 Å². The highest BCUT2D eigenvalue weighted by Crippen LogP contribution is 2.23. The fourth-order valence-electron chi connectivity index (χ4n) is 2.57. The molecule has 0 spiro atoms. The number of carboxylic acid groups (broad SMARTS) is 1. The lowest BCUT2D eigenvalue weighted by molar-refractivity contribution is 0.0696. The van der Waals surface area contributed by atoms with Crippen LogP contribution >= 0.6 is 0 Å². The summed E-state index contributed by atoms with van der Waals surface area (Å²) in [6, 6.07) is 0.171. The van der Waals surface area contributed by atoms with Crippen LogP contribution in [-0.2, 0) is 12.8 Å². The SMILES string of the molecule is CCc1nnc(NC(C)CC(C)CC)c(C(=O)O)c1CC. The summed E-state index contributed by atoms with van der Waals surface area (Å²) < 4.78 is 0. The molecule has 0 bridgehead atoms. The lowest BCUT2D eigenvalue weighted by atomic mass is 9.99. The molecule has 2 atom stereocenters. The van der Waals surface area contributed by atoms with Crippen LogP contribution in [0.4, 0.5) is 5.82 Å². The van der Waals surface area contributed by atoms with Crippen LogP contribution in [0.2, 0.25) is 0 Å². The minimum atomic E-state index is -0.935. The van der Waals surface area contributed by atoms with E-state index in [0.717, 1.165) is 24.1 Å². The summed E-state index contributed by atoms with van der Waals surface area (Å²) >= 11 is 0. The molecule has 0 saturated heterocycles. The minimum absolute atomic E-state index is 0.171. The number of aryl methyl sites for hydroxylation is 1. The second kappa shape index (κ2) is 7.96. The van der Waals surface area contributed by atoms with Crippen molar-refractivity contribution in [3.63, 3.8) is 0 Å². The molecule has 0 aliphatic rings. The van der Waals surface area contributed by atoms with Crippen molar-refractivity contribution in [1.29, 1.82) is 0 Å². The lowest BCUT2D eigenvalue weighted by Gasteiger charge is -2.20. The number of aromatic carboxylic acids is 1. The third kappa shape index (κ3) is 4.41. The van der Waals surface area contributed by atoms with Gasteiger partial charge in [0, 0.05) is 6.04 Å². The van der Waals surface area contributed by atoms with Crippen molar-refractivity contribution in [1.82, 2.24) is 10.2 Å². The van der Waals surface area contributed by atoms with E-state index in [-0.39, 0.29) is 11.6 Å². The fraction of sp³-hybridized carbons (Fsp3) is 0.688. The molecule has 5 nitrogen and oxygen atoms in total. The standard InChI is InChI=1S/C16H27N3O2/c1-6-10(4)9-11(5)17-15-14(16(20)21)12(7-2)13(8-3)18-19-15/h10-11H,6-9H2,1-5H3,(H,17,19)(H,20,21). The molecule has 0 aromatic carbocycles. The smallest absolute Gasteiger partial charge is 0.339 e. The van der Waals surface area contributed by atoms with E-state index in [1.807, 2.05) is 13.8 Å². The number of anilines is 1. The summed E-state index contributed by atoms with van der Waals surface area (Å²) in [5.74, 6) is 0.0522. The Bertz CT molecular complexity index is 489. The van der Waals surface area contributed by atoms with Gasteiger partial charge in [0.15, 0.2) is 5.82 Å². The van der Waals surface area contributed by atoms with E-state index < -0.39 is 5.97 Å². The van der Waals surface area contributed by atoms with Gasteiger partial charge in [0.25, 0.3) is 0 Å². The summed E-state index contributed by atoms with van der Waals surface area (Å²) in [7, 11) is 0. The van der Waals surface area contributed by atoms with Gasteiger partial charge in [0.1, 0.15) is 5.56 Å². The van der Waals surface area contributed by atoms with Crippen molar-refractivity contribution < 1.29 is 9.90 Å². The summed E-state index contributed by atoms with van der Waals surface area (Å²) in [4.78, 5) is 11.6. The molecular weight excluding hydrogens is 266 g/mol. The average molecular weight is 293 g/mol. The van der Waals surface area contributed by atoms with Crippen LogP contribution in [0.3, 0.4) is 0 Å². The van der Waals surface area contributed by atoms with Crippen molar-refractivity contribution in [3.05, 3.63) is 16.8 Å². The van der Waals surface area contributed by atoms with E-state index in [9.17, 15) is 9.90 Å². The second-order valence-electron chi connectivity index (χ2n) is 5.66. The van der Waals surface area contributed by atoms with Crippen molar-refractivity contribution in [3.8, 4) is 0 Å². The zero-order valence-corrected chi connectivity index (χ0v) is 13.7. The molecule has 1 rings (SSSR count). The summed E-state index contributed by atoms with van der Waals surface area (Å²) in [5.41, 5.74) is 1.84. The first kappa shape index (κ1) is 17.4. The molecule has 2 N–H and O–H groups in total. The van der Waals surface area contributed by atoms with Gasteiger partial charge in [-0.1, -0.05) is 34.1 Å². The average Bonchev–Trinajstić information content (AvgIpc) is 2.45. The molecule has 0 aliphatic carbocycles. The Morgan fingerprint density at radius 2 is 1.86 bits per heavy atom. The Hall–Kier alpha value is -1.65. The number of nitrogens with zero attached hydrogens (tertiary/aromatic N) is 2. The molecule has 0 amide bonds. The first-order valence-corrected chi connectivity index (χ1v) is 7.82. The zero-order chi connectivity index (χ0) is 16.0. The van der Waals surface area contributed by atoms with Gasteiger partial charge in [-0.3, -0.25) is 0 Å². The Labute approximate surface area is 127 Å². The molecule has 1 aromatic heterocycles. The number of hydrogen-bond acceptors (Lipinski definition) is 4. The molecule has 0 fully saturated rings. The first-order valence-electron chi connectivity index (χ1n) is 7.82. The molecule has 0 aliphatic heterocycles. The summed E-state index contributed by atoms with van der Waals surface area (Å²) in [5, 5.41) is 21.1. The van der Waals surface area contributed by atoms with E-state index in [1.165, 1.54) is 0 Å². The third-order valence-electron chi connectivity index (χ3n) is 3.90. The van der Waals surface area contributed by atoms with E-state index >= 15 is 0 Å². The molecule has 0 radical (unpaired) electrons. The van der Waals surface area contributed by atoms with Gasteiger partial charge in [-0.25, -0.2) is 4.79 Å². The largest absolute Gasteiger partial charge is 0.478 e. The predicted molar refractivity (Wildman–Crippen MR) is 84.9 cm³/mol. The van der Waals surface area contributed by atoms with Gasteiger partial charge in [-0.05, 0) is 37.7 Å². The molecule has 0 saturated carbocycles. The van der Waals surface area contributed by atoms with Gasteiger partial charge in [0.2, 0.25) is 0 Å². The molecule has 5 heteroatoms. The van der Waals surface area contributed by atoms with Crippen LogP contribution in [0, 0.1) is 5.92 Å². The number of carbonyl (C=O) groups is 1. The predicted octanol–water partition coefficient (Wildman–Crippen LogP) is 3.54. The maximum atomic E-state index is 11.6. The van der Waals surface area contributed by atoms with Crippen LogP contribution in [0.5, 0.6) is 0 Å². The van der Waals surface area contributed by atoms with Gasteiger partial charge >= 0.3 is 5.97 Å².